The second kappa shape index (κ2) is 13.3. The number of fused-ring (bicyclic) bond motifs is 2. The molecule has 0 N–H and O–H groups in total. The lowest BCUT2D eigenvalue weighted by Crippen LogP contribution is -2.10. The fraction of sp³-hybridized carbons (Fsp3) is 0. The predicted octanol–water partition coefficient (Wildman–Crippen LogP) is 14.1. The monoisotopic (exact) mass is 653 g/mol. The zero-order valence-electron chi connectivity index (χ0n) is 31.8. The molecule has 0 unspecified atom stereocenters. The van der Waals surface area contributed by atoms with Crippen molar-refractivity contribution in [2.75, 3.05) is 4.90 Å². The van der Waals surface area contributed by atoms with Crippen molar-refractivity contribution in [2.24, 2.45) is 0 Å². The fourth-order valence-electron chi connectivity index (χ4n) is 6.89. The highest BCUT2D eigenvalue weighted by Crippen LogP contribution is 2.39. The van der Waals surface area contributed by atoms with Crippen LogP contribution in [0.25, 0.3) is 66.1 Å². The predicted molar refractivity (Wildman–Crippen MR) is 218 cm³/mol. The summed E-state index contributed by atoms with van der Waals surface area (Å²) in [5.41, 5.74) is 9.32. The maximum atomic E-state index is 9.72. The van der Waals surface area contributed by atoms with Gasteiger partial charge in [0.05, 0.1) is 5.48 Å². The van der Waals surface area contributed by atoms with Gasteiger partial charge in [-0.25, -0.2) is 0 Å². The lowest BCUT2D eigenvalue weighted by atomic mass is 9.97. The third-order valence-electron chi connectivity index (χ3n) is 9.55. The van der Waals surface area contributed by atoms with Gasteiger partial charge in [0, 0.05) is 17.1 Å². The van der Waals surface area contributed by atoms with Crippen molar-refractivity contribution < 1.29 is 5.48 Å². The molecule has 9 aromatic carbocycles. The van der Waals surface area contributed by atoms with Gasteiger partial charge in [-0.05, 0) is 108 Å². The molecule has 0 radical (unpaired) electrons. The van der Waals surface area contributed by atoms with E-state index in [0.717, 1.165) is 55.4 Å². The summed E-state index contributed by atoms with van der Waals surface area (Å²) < 4.78 is 37.1. The molecule has 0 aliphatic carbocycles. The summed E-state index contributed by atoms with van der Waals surface area (Å²) in [4.78, 5) is 1.89. The average Bonchev–Trinajstić information content (AvgIpc) is 3.25. The molecular formula is C50H35N. The highest BCUT2D eigenvalue weighted by atomic mass is 15.1. The van der Waals surface area contributed by atoms with Crippen LogP contribution in [-0.4, -0.2) is 0 Å². The third-order valence-corrected chi connectivity index (χ3v) is 9.55. The van der Waals surface area contributed by atoms with E-state index in [9.17, 15) is 2.74 Å². The Morgan fingerprint density at radius 2 is 0.843 bits per heavy atom. The van der Waals surface area contributed by atoms with Gasteiger partial charge >= 0.3 is 0 Å². The summed E-state index contributed by atoms with van der Waals surface area (Å²) in [7, 11) is 0. The minimum atomic E-state index is -0.221. The van der Waals surface area contributed by atoms with E-state index in [-0.39, 0.29) is 29.9 Å². The topological polar surface area (TPSA) is 3.24 Å². The molecule has 0 saturated heterocycles. The Kier molecular flexibility index (Phi) is 6.84. The van der Waals surface area contributed by atoms with E-state index in [4.69, 9.17) is 2.74 Å². The second-order valence-corrected chi connectivity index (χ2v) is 12.7. The van der Waals surface area contributed by atoms with Crippen molar-refractivity contribution >= 4 is 38.6 Å². The molecule has 0 aliphatic heterocycles. The Bertz CT molecular complexity index is 2830. The van der Waals surface area contributed by atoms with Gasteiger partial charge in [-0.3, -0.25) is 0 Å². The van der Waals surface area contributed by atoms with Crippen molar-refractivity contribution in [3.63, 3.8) is 0 Å². The van der Waals surface area contributed by atoms with Gasteiger partial charge in [-0.1, -0.05) is 170 Å². The molecule has 1 nitrogen and oxygen atoms in total. The SMILES string of the molecule is [2H]c1c([2H])c(-c2cccc3ccccc23)c([2H])c(N(c2ccc(-c3ccc(-c4ccccc4)cc3)cc2)c2ccc(-c3ccc4ccccc4c3)cc2)c1[2H]. The van der Waals surface area contributed by atoms with Crippen LogP contribution in [0.2, 0.25) is 0 Å². The molecule has 0 aliphatic rings. The first kappa shape index (κ1) is 26.2. The number of nitrogens with zero attached hydrogens (tertiary/aromatic N) is 1. The summed E-state index contributed by atoms with van der Waals surface area (Å²) in [6, 6.07) is 63.1. The number of hydrogen-bond acceptors (Lipinski definition) is 1. The summed E-state index contributed by atoms with van der Waals surface area (Å²) >= 11 is 0. The molecule has 240 valence electrons. The smallest absolute Gasteiger partial charge is 0.0651 e. The standard InChI is InChI=1S/C50H35N/c1-2-10-36(11-3-1)38-20-22-39(23-21-38)40-26-30-46(31-27-40)51(47-32-28-41(29-33-47)44-25-24-37-12-4-5-14-43(37)34-44)48-17-8-16-45(35-48)50-19-9-15-42-13-6-7-18-49(42)50/h1-35H/i8D,16D,17D,35D. The van der Waals surface area contributed by atoms with Crippen LogP contribution < -0.4 is 4.90 Å². The number of anilines is 3. The number of benzene rings is 9. The number of rotatable bonds is 7. The summed E-state index contributed by atoms with van der Waals surface area (Å²) in [6.07, 6.45) is 0. The van der Waals surface area contributed by atoms with Crippen molar-refractivity contribution in [1.29, 1.82) is 0 Å². The van der Waals surface area contributed by atoms with Crippen molar-refractivity contribution in [1.82, 2.24) is 0 Å². The Balaban J connectivity index is 1.18. The molecule has 0 saturated carbocycles. The quantitative estimate of drug-likeness (QED) is 0.165. The van der Waals surface area contributed by atoms with Crippen molar-refractivity contribution in [3.05, 3.63) is 212 Å². The molecule has 9 aromatic rings. The molecule has 0 amide bonds. The number of hydrogen-bond donors (Lipinski definition) is 0. The third kappa shape index (κ3) is 6.07. The molecule has 0 atom stereocenters. The normalized spacial score (nSPS) is 12.2. The average molecular weight is 654 g/mol. The van der Waals surface area contributed by atoms with Gasteiger partial charge < -0.3 is 4.90 Å². The van der Waals surface area contributed by atoms with E-state index >= 15 is 0 Å². The Morgan fingerprint density at radius 1 is 0.333 bits per heavy atom. The van der Waals surface area contributed by atoms with E-state index in [2.05, 4.69) is 91.0 Å². The zero-order valence-corrected chi connectivity index (χ0v) is 27.8. The summed E-state index contributed by atoms with van der Waals surface area (Å²) in [6.45, 7) is 0. The van der Waals surface area contributed by atoms with Crippen LogP contribution in [0.5, 0.6) is 0 Å². The van der Waals surface area contributed by atoms with Gasteiger partial charge in [0.15, 0.2) is 0 Å². The maximum absolute atomic E-state index is 9.72. The van der Waals surface area contributed by atoms with E-state index in [1.807, 2.05) is 102 Å². The van der Waals surface area contributed by atoms with Crippen molar-refractivity contribution in [2.45, 2.75) is 0 Å². The van der Waals surface area contributed by atoms with Gasteiger partial charge in [0.2, 0.25) is 0 Å². The van der Waals surface area contributed by atoms with E-state index in [1.165, 1.54) is 10.9 Å². The lowest BCUT2D eigenvalue weighted by Gasteiger charge is -2.26. The first-order chi connectivity index (χ1) is 26.9. The van der Waals surface area contributed by atoms with Crippen LogP contribution in [0, 0.1) is 0 Å². The molecule has 51 heavy (non-hydrogen) atoms. The molecular weight excluding hydrogens is 615 g/mol. The van der Waals surface area contributed by atoms with Gasteiger partial charge in [0.1, 0.15) is 0 Å². The first-order valence-corrected chi connectivity index (χ1v) is 17.2. The summed E-state index contributed by atoms with van der Waals surface area (Å²) in [5, 5.41) is 4.22. The van der Waals surface area contributed by atoms with Gasteiger partial charge in [-0.15, -0.1) is 0 Å². The molecule has 9 rings (SSSR count). The van der Waals surface area contributed by atoms with Crippen LogP contribution in [0.1, 0.15) is 5.48 Å². The summed E-state index contributed by atoms with van der Waals surface area (Å²) in [5.74, 6) is 0. The molecule has 1 heteroatoms. The molecule has 0 bridgehead atoms. The van der Waals surface area contributed by atoms with E-state index < -0.39 is 0 Å². The van der Waals surface area contributed by atoms with E-state index in [0.29, 0.717) is 11.1 Å². The molecule has 0 heterocycles. The zero-order chi connectivity index (χ0) is 37.5. The fourth-order valence-corrected chi connectivity index (χ4v) is 6.89. The van der Waals surface area contributed by atoms with Crippen molar-refractivity contribution in [3.8, 4) is 44.5 Å². The Labute approximate surface area is 305 Å². The Morgan fingerprint density at radius 3 is 1.53 bits per heavy atom. The van der Waals surface area contributed by atoms with Gasteiger partial charge in [-0.2, -0.15) is 0 Å². The minimum Gasteiger partial charge on any atom is -0.310 e. The van der Waals surface area contributed by atoms with Crippen LogP contribution in [0.4, 0.5) is 17.1 Å². The van der Waals surface area contributed by atoms with Crippen LogP contribution in [0.15, 0.2) is 212 Å². The Hall–Kier alpha value is -6.70. The highest BCUT2D eigenvalue weighted by Gasteiger charge is 2.15. The second-order valence-electron chi connectivity index (χ2n) is 12.7. The molecule has 0 spiro atoms. The maximum Gasteiger partial charge on any atom is 0.0651 e. The minimum absolute atomic E-state index is 0.0292. The lowest BCUT2D eigenvalue weighted by molar-refractivity contribution is 1.28. The first-order valence-electron chi connectivity index (χ1n) is 19.2. The largest absolute Gasteiger partial charge is 0.310 e. The van der Waals surface area contributed by atoms with E-state index in [1.54, 1.807) is 0 Å². The van der Waals surface area contributed by atoms with Crippen LogP contribution in [-0.2, 0) is 0 Å². The molecule has 0 fully saturated rings. The highest BCUT2D eigenvalue weighted by molar-refractivity contribution is 5.97. The van der Waals surface area contributed by atoms with Crippen LogP contribution >= 0.6 is 0 Å². The van der Waals surface area contributed by atoms with Crippen LogP contribution in [0.3, 0.4) is 0 Å². The van der Waals surface area contributed by atoms with Gasteiger partial charge in [0.25, 0.3) is 0 Å². The molecule has 0 aromatic heterocycles.